The number of fused-ring (bicyclic) bond motifs is 1. The van der Waals surface area contributed by atoms with Crippen LogP contribution in [0.1, 0.15) is 30.3 Å². The zero-order valence-corrected chi connectivity index (χ0v) is 11.9. The van der Waals surface area contributed by atoms with Crippen molar-refractivity contribution >= 4 is 11.3 Å². The van der Waals surface area contributed by atoms with Crippen molar-refractivity contribution in [2.75, 3.05) is 32.1 Å². The summed E-state index contributed by atoms with van der Waals surface area (Å²) in [5, 5.41) is 12.7. The van der Waals surface area contributed by atoms with Gasteiger partial charge in [0.1, 0.15) is 17.7 Å². The molecule has 0 unspecified atom stereocenters. The van der Waals surface area contributed by atoms with Crippen LogP contribution in [-0.4, -0.2) is 36.6 Å². The van der Waals surface area contributed by atoms with Crippen LogP contribution in [0.5, 0.6) is 0 Å². The summed E-state index contributed by atoms with van der Waals surface area (Å²) < 4.78 is 2.15. The number of hydrogen-bond donors (Lipinski definition) is 1. The lowest BCUT2D eigenvalue weighted by Crippen LogP contribution is -2.28. The summed E-state index contributed by atoms with van der Waals surface area (Å²) in [6.45, 7) is 2.04. The van der Waals surface area contributed by atoms with Gasteiger partial charge in [-0.2, -0.15) is 5.26 Å². The molecule has 0 aliphatic carbocycles. The van der Waals surface area contributed by atoms with E-state index in [9.17, 15) is 5.26 Å². The molecular weight excluding hydrogens is 250 g/mol. The van der Waals surface area contributed by atoms with Gasteiger partial charge in [-0.3, -0.25) is 4.40 Å². The molecule has 0 spiro atoms. The summed E-state index contributed by atoms with van der Waals surface area (Å²) in [7, 11) is 4.04. The van der Waals surface area contributed by atoms with Crippen molar-refractivity contribution in [3.63, 3.8) is 0 Å². The Labute approximate surface area is 118 Å². The lowest BCUT2D eigenvalue weighted by Gasteiger charge is -2.23. The van der Waals surface area contributed by atoms with Crippen LogP contribution in [0.25, 0.3) is 5.52 Å². The Balaban J connectivity index is 2.22. The van der Waals surface area contributed by atoms with Crippen molar-refractivity contribution in [3.05, 3.63) is 29.7 Å². The molecule has 20 heavy (non-hydrogen) atoms. The number of rotatable bonds is 2. The fraction of sp³-hybridized carbons (Fsp3) is 0.467. The number of hydrogen-bond acceptors (Lipinski definition) is 4. The highest BCUT2D eigenvalue weighted by Gasteiger charge is 2.23. The van der Waals surface area contributed by atoms with Crippen molar-refractivity contribution in [2.45, 2.75) is 18.8 Å². The first-order valence-corrected chi connectivity index (χ1v) is 7.02. The van der Waals surface area contributed by atoms with E-state index in [0.717, 1.165) is 43.1 Å². The van der Waals surface area contributed by atoms with Gasteiger partial charge in [0.25, 0.3) is 0 Å². The topological polar surface area (TPSA) is 56.4 Å². The van der Waals surface area contributed by atoms with Gasteiger partial charge in [0, 0.05) is 20.0 Å². The minimum atomic E-state index is 0.423. The van der Waals surface area contributed by atoms with E-state index in [2.05, 4.69) is 31.7 Å². The van der Waals surface area contributed by atoms with E-state index in [1.165, 1.54) is 0 Å². The van der Waals surface area contributed by atoms with E-state index in [4.69, 9.17) is 0 Å². The highest BCUT2D eigenvalue weighted by atomic mass is 15.2. The van der Waals surface area contributed by atoms with Crippen molar-refractivity contribution in [2.24, 2.45) is 0 Å². The van der Waals surface area contributed by atoms with Gasteiger partial charge >= 0.3 is 0 Å². The van der Waals surface area contributed by atoms with Gasteiger partial charge < -0.3 is 10.2 Å². The molecule has 3 heterocycles. The number of nitrogens with one attached hydrogen (secondary N) is 1. The number of imidazole rings is 1. The van der Waals surface area contributed by atoms with Gasteiger partial charge in [-0.25, -0.2) is 4.98 Å². The monoisotopic (exact) mass is 269 g/mol. The Kier molecular flexibility index (Phi) is 3.33. The Morgan fingerprint density at radius 2 is 2.10 bits per heavy atom. The van der Waals surface area contributed by atoms with Crippen molar-refractivity contribution in [1.82, 2.24) is 14.7 Å². The summed E-state index contributed by atoms with van der Waals surface area (Å²) in [4.78, 5) is 6.69. The molecule has 5 heteroatoms. The molecule has 5 nitrogen and oxygen atoms in total. The maximum atomic E-state index is 9.33. The number of piperidine rings is 1. The van der Waals surface area contributed by atoms with Gasteiger partial charge in [0.2, 0.25) is 0 Å². The molecule has 2 aromatic heterocycles. The second kappa shape index (κ2) is 5.14. The van der Waals surface area contributed by atoms with Crippen LogP contribution >= 0.6 is 0 Å². The molecular formula is C15H19N5. The fourth-order valence-corrected chi connectivity index (χ4v) is 2.93. The molecule has 0 radical (unpaired) electrons. The Bertz CT molecular complexity index is 659. The molecule has 1 saturated heterocycles. The average molecular weight is 269 g/mol. The molecule has 0 bridgehead atoms. The van der Waals surface area contributed by atoms with Crippen molar-refractivity contribution in [1.29, 1.82) is 5.26 Å². The van der Waals surface area contributed by atoms with E-state index in [1.54, 1.807) is 0 Å². The van der Waals surface area contributed by atoms with Crippen LogP contribution in [0, 0.1) is 11.3 Å². The van der Waals surface area contributed by atoms with E-state index in [1.807, 2.05) is 26.2 Å². The Morgan fingerprint density at radius 1 is 1.35 bits per heavy atom. The van der Waals surface area contributed by atoms with Crippen LogP contribution in [0.4, 0.5) is 5.82 Å². The number of pyridine rings is 1. The highest BCUT2D eigenvalue weighted by Crippen LogP contribution is 2.29. The summed E-state index contributed by atoms with van der Waals surface area (Å²) >= 11 is 0. The van der Waals surface area contributed by atoms with Crippen LogP contribution in [0.3, 0.4) is 0 Å². The second-order valence-corrected chi connectivity index (χ2v) is 5.45. The maximum Gasteiger partial charge on any atom is 0.166 e. The largest absolute Gasteiger partial charge is 0.364 e. The lowest BCUT2D eigenvalue weighted by atomic mass is 9.97. The molecule has 104 valence electrons. The van der Waals surface area contributed by atoms with Crippen LogP contribution in [-0.2, 0) is 0 Å². The summed E-state index contributed by atoms with van der Waals surface area (Å²) in [5.74, 6) is 2.53. The van der Waals surface area contributed by atoms with E-state index >= 15 is 0 Å². The van der Waals surface area contributed by atoms with E-state index in [0.29, 0.717) is 11.6 Å². The predicted octanol–water partition coefficient (Wildman–Crippen LogP) is 1.74. The average Bonchev–Trinajstić information content (AvgIpc) is 2.86. The predicted molar refractivity (Wildman–Crippen MR) is 79.1 cm³/mol. The third-order valence-corrected chi connectivity index (χ3v) is 3.94. The second-order valence-electron chi connectivity index (χ2n) is 5.45. The molecule has 2 aromatic rings. The quantitative estimate of drug-likeness (QED) is 0.902. The molecule has 1 fully saturated rings. The fourth-order valence-electron chi connectivity index (χ4n) is 2.93. The smallest absolute Gasteiger partial charge is 0.166 e. The third kappa shape index (κ3) is 2.02. The number of nitrogens with zero attached hydrogens (tertiary/aromatic N) is 4. The highest BCUT2D eigenvalue weighted by molar-refractivity contribution is 5.64. The summed E-state index contributed by atoms with van der Waals surface area (Å²) in [6.07, 6.45) is 2.15. The molecule has 0 saturated carbocycles. The zero-order chi connectivity index (χ0) is 14.1. The molecule has 0 atom stereocenters. The van der Waals surface area contributed by atoms with Gasteiger partial charge in [0.05, 0.1) is 5.52 Å². The van der Waals surface area contributed by atoms with Crippen molar-refractivity contribution < 1.29 is 0 Å². The molecule has 3 rings (SSSR count). The summed E-state index contributed by atoms with van der Waals surface area (Å²) in [6, 6.07) is 8.26. The summed E-state index contributed by atoms with van der Waals surface area (Å²) in [5.41, 5.74) is 1.44. The Hall–Kier alpha value is -2.06. The SMILES string of the molecule is CN(C)c1cccc2c(C#N)nc(C3CCNCC3)n12. The van der Waals surface area contributed by atoms with Gasteiger partial charge in [0.15, 0.2) is 5.69 Å². The molecule has 0 aromatic carbocycles. The minimum Gasteiger partial charge on any atom is -0.364 e. The van der Waals surface area contributed by atoms with Crippen LogP contribution < -0.4 is 10.2 Å². The van der Waals surface area contributed by atoms with Gasteiger partial charge in [-0.05, 0) is 38.1 Å². The first-order valence-electron chi connectivity index (χ1n) is 7.02. The number of nitriles is 1. The van der Waals surface area contributed by atoms with Crippen molar-refractivity contribution in [3.8, 4) is 6.07 Å². The van der Waals surface area contributed by atoms with Crippen LogP contribution in [0.2, 0.25) is 0 Å². The molecule has 0 amide bonds. The van der Waals surface area contributed by atoms with E-state index in [-0.39, 0.29) is 0 Å². The maximum absolute atomic E-state index is 9.33. The standard InChI is InChI=1S/C15H19N5/c1-19(2)14-5-3-4-13-12(10-16)18-15(20(13)14)11-6-8-17-9-7-11/h3-5,11,17H,6-9H2,1-2H3. The first kappa shape index (κ1) is 12.9. The number of anilines is 1. The minimum absolute atomic E-state index is 0.423. The molecule has 1 aliphatic heterocycles. The van der Waals surface area contributed by atoms with Gasteiger partial charge in [-0.1, -0.05) is 6.07 Å². The normalized spacial score (nSPS) is 16.2. The third-order valence-electron chi connectivity index (χ3n) is 3.94. The van der Waals surface area contributed by atoms with Gasteiger partial charge in [-0.15, -0.1) is 0 Å². The van der Waals surface area contributed by atoms with E-state index < -0.39 is 0 Å². The Morgan fingerprint density at radius 3 is 2.75 bits per heavy atom. The lowest BCUT2D eigenvalue weighted by molar-refractivity contribution is 0.444. The first-order chi connectivity index (χ1) is 9.72. The molecule has 1 aliphatic rings. The zero-order valence-electron chi connectivity index (χ0n) is 11.9. The molecule has 1 N–H and O–H groups in total. The van der Waals surface area contributed by atoms with Crippen LogP contribution in [0.15, 0.2) is 18.2 Å². The number of aromatic nitrogens is 2.